The lowest BCUT2D eigenvalue weighted by Crippen LogP contribution is -2.33. The first-order chi connectivity index (χ1) is 8.90. The molecule has 0 unspecified atom stereocenters. The van der Waals surface area contributed by atoms with E-state index in [0.717, 1.165) is 8.78 Å². The topological polar surface area (TPSA) is 78.9 Å². The Labute approximate surface area is 121 Å². The third-order valence-corrected chi connectivity index (χ3v) is 4.42. The maximum absolute atomic E-state index is 12.0. The van der Waals surface area contributed by atoms with Crippen molar-refractivity contribution in [2.24, 2.45) is 0 Å². The molecule has 0 aliphatic carbocycles. The van der Waals surface area contributed by atoms with Crippen LogP contribution in [0.15, 0.2) is 22.7 Å². The third kappa shape index (κ3) is 4.64. The molecular weight excluding hydrogens is 336 g/mol. The highest BCUT2D eigenvalue weighted by Crippen LogP contribution is 2.29. The SMILES string of the molecule is COc1ccc(Br)cc1NS(=O)(=O)N(C)CCCO. The van der Waals surface area contributed by atoms with Gasteiger partial charge in [-0.3, -0.25) is 4.72 Å². The highest BCUT2D eigenvalue weighted by atomic mass is 79.9. The zero-order chi connectivity index (χ0) is 14.5. The summed E-state index contributed by atoms with van der Waals surface area (Å²) in [5.41, 5.74) is 0.354. The summed E-state index contributed by atoms with van der Waals surface area (Å²) < 4.78 is 33.5. The zero-order valence-electron chi connectivity index (χ0n) is 10.8. The van der Waals surface area contributed by atoms with Gasteiger partial charge < -0.3 is 9.84 Å². The number of halogens is 1. The molecule has 0 aliphatic heterocycles. The van der Waals surface area contributed by atoms with Crippen LogP contribution in [0.4, 0.5) is 5.69 Å². The van der Waals surface area contributed by atoms with Gasteiger partial charge in [-0.25, -0.2) is 0 Å². The van der Waals surface area contributed by atoms with Crippen molar-refractivity contribution in [2.75, 3.05) is 32.0 Å². The minimum absolute atomic E-state index is 0.0555. The van der Waals surface area contributed by atoms with E-state index in [1.165, 1.54) is 14.2 Å². The molecule has 0 aromatic heterocycles. The Kier molecular flexibility index (Phi) is 6.05. The van der Waals surface area contributed by atoms with E-state index in [2.05, 4.69) is 20.7 Å². The van der Waals surface area contributed by atoms with Gasteiger partial charge in [0.2, 0.25) is 0 Å². The molecule has 6 nitrogen and oxygen atoms in total. The van der Waals surface area contributed by atoms with E-state index in [4.69, 9.17) is 9.84 Å². The van der Waals surface area contributed by atoms with E-state index in [1.54, 1.807) is 18.2 Å². The summed E-state index contributed by atoms with van der Waals surface area (Å²) in [5, 5.41) is 8.72. The van der Waals surface area contributed by atoms with Crippen LogP contribution >= 0.6 is 15.9 Å². The monoisotopic (exact) mass is 352 g/mol. The van der Waals surface area contributed by atoms with Crippen molar-refractivity contribution in [1.29, 1.82) is 0 Å². The van der Waals surface area contributed by atoms with E-state index in [-0.39, 0.29) is 13.2 Å². The van der Waals surface area contributed by atoms with Gasteiger partial charge in [-0.1, -0.05) is 15.9 Å². The number of anilines is 1. The van der Waals surface area contributed by atoms with Gasteiger partial charge in [-0.2, -0.15) is 12.7 Å². The Morgan fingerprint density at radius 3 is 2.74 bits per heavy atom. The predicted molar refractivity (Wildman–Crippen MR) is 77.6 cm³/mol. The lowest BCUT2D eigenvalue weighted by molar-refractivity contribution is 0.276. The van der Waals surface area contributed by atoms with E-state index < -0.39 is 10.2 Å². The van der Waals surface area contributed by atoms with Crippen LogP contribution in [0.3, 0.4) is 0 Å². The fraction of sp³-hybridized carbons (Fsp3) is 0.455. The number of rotatable bonds is 7. The number of ether oxygens (including phenoxy) is 1. The molecule has 0 bridgehead atoms. The minimum Gasteiger partial charge on any atom is -0.495 e. The number of nitrogens with zero attached hydrogens (tertiary/aromatic N) is 1. The van der Waals surface area contributed by atoms with Gasteiger partial charge in [0.1, 0.15) is 5.75 Å². The average Bonchev–Trinajstić information content (AvgIpc) is 2.35. The van der Waals surface area contributed by atoms with Crippen LogP contribution in [0.25, 0.3) is 0 Å². The number of aliphatic hydroxyl groups is 1. The molecule has 19 heavy (non-hydrogen) atoms. The predicted octanol–water partition coefficient (Wildman–Crippen LogP) is 1.43. The third-order valence-electron chi connectivity index (χ3n) is 2.44. The largest absolute Gasteiger partial charge is 0.495 e. The van der Waals surface area contributed by atoms with Crippen molar-refractivity contribution in [2.45, 2.75) is 6.42 Å². The van der Waals surface area contributed by atoms with Crippen molar-refractivity contribution >= 4 is 31.8 Å². The second-order valence-corrected chi connectivity index (χ2v) is 6.54. The minimum atomic E-state index is -3.66. The van der Waals surface area contributed by atoms with Gasteiger partial charge in [-0.15, -0.1) is 0 Å². The second-order valence-electron chi connectivity index (χ2n) is 3.85. The Morgan fingerprint density at radius 2 is 2.16 bits per heavy atom. The highest BCUT2D eigenvalue weighted by Gasteiger charge is 2.19. The first-order valence-electron chi connectivity index (χ1n) is 5.59. The number of hydrogen-bond donors (Lipinski definition) is 2. The number of hydrogen-bond acceptors (Lipinski definition) is 4. The summed E-state index contributed by atoms with van der Waals surface area (Å²) in [5.74, 6) is 0.433. The number of aliphatic hydroxyl groups excluding tert-OH is 1. The number of benzene rings is 1. The van der Waals surface area contributed by atoms with Crippen LogP contribution in [0, 0.1) is 0 Å². The Morgan fingerprint density at radius 1 is 1.47 bits per heavy atom. The van der Waals surface area contributed by atoms with E-state index in [9.17, 15) is 8.42 Å². The lowest BCUT2D eigenvalue weighted by atomic mass is 10.3. The quantitative estimate of drug-likeness (QED) is 0.777. The Hall–Kier alpha value is -0.830. The summed E-state index contributed by atoms with van der Waals surface area (Å²) in [7, 11) is -0.748. The summed E-state index contributed by atoms with van der Waals surface area (Å²) in [6.07, 6.45) is 0.382. The summed E-state index contributed by atoms with van der Waals surface area (Å²) >= 11 is 3.27. The molecule has 0 amide bonds. The van der Waals surface area contributed by atoms with Gasteiger partial charge >= 0.3 is 10.2 Å². The van der Waals surface area contributed by atoms with Gasteiger partial charge in [-0.05, 0) is 24.6 Å². The second kappa shape index (κ2) is 7.09. The fourth-order valence-corrected chi connectivity index (χ4v) is 2.71. The summed E-state index contributed by atoms with van der Waals surface area (Å²) in [6.45, 7) is 0.183. The van der Waals surface area contributed by atoms with Crippen LogP contribution in [0.5, 0.6) is 5.75 Å². The molecule has 1 aromatic carbocycles. The van der Waals surface area contributed by atoms with Crippen molar-refractivity contribution in [3.63, 3.8) is 0 Å². The normalized spacial score (nSPS) is 11.6. The standard InChI is InChI=1S/C11H17BrN2O4S/c1-14(6-3-7-15)19(16,17)13-10-8-9(12)4-5-11(10)18-2/h4-5,8,13,15H,3,6-7H2,1-2H3. The highest BCUT2D eigenvalue weighted by molar-refractivity contribution is 9.10. The first kappa shape index (κ1) is 16.2. The molecule has 1 rings (SSSR count). The molecule has 1 aromatic rings. The van der Waals surface area contributed by atoms with Crippen LogP contribution in [0.1, 0.15) is 6.42 Å². The van der Waals surface area contributed by atoms with E-state index in [1.807, 2.05) is 0 Å². The van der Waals surface area contributed by atoms with Crippen LogP contribution in [-0.4, -0.2) is 45.1 Å². The lowest BCUT2D eigenvalue weighted by Gasteiger charge is -2.19. The van der Waals surface area contributed by atoms with Crippen LogP contribution in [0.2, 0.25) is 0 Å². The van der Waals surface area contributed by atoms with Gasteiger partial charge in [0.15, 0.2) is 0 Å². The molecule has 0 saturated heterocycles. The van der Waals surface area contributed by atoms with Crippen LogP contribution < -0.4 is 9.46 Å². The molecular formula is C11H17BrN2O4S. The van der Waals surface area contributed by atoms with Gasteiger partial charge in [0.25, 0.3) is 0 Å². The number of methoxy groups -OCH3 is 1. The fourth-order valence-electron chi connectivity index (χ4n) is 1.39. The molecule has 108 valence electrons. The van der Waals surface area contributed by atoms with Gasteiger partial charge in [0.05, 0.1) is 12.8 Å². The Bertz CT molecular complexity index is 521. The van der Waals surface area contributed by atoms with Crippen molar-refractivity contribution in [3.05, 3.63) is 22.7 Å². The summed E-state index contributed by atoms with van der Waals surface area (Å²) in [6, 6.07) is 5.04. The van der Waals surface area contributed by atoms with Gasteiger partial charge in [0, 0.05) is 24.7 Å². The molecule has 2 N–H and O–H groups in total. The molecule has 8 heteroatoms. The van der Waals surface area contributed by atoms with E-state index in [0.29, 0.717) is 17.9 Å². The zero-order valence-corrected chi connectivity index (χ0v) is 13.2. The summed E-state index contributed by atoms with van der Waals surface area (Å²) in [4.78, 5) is 0. The molecule has 0 atom stereocenters. The Balaban J connectivity index is 2.91. The van der Waals surface area contributed by atoms with Crippen molar-refractivity contribution < 1.29 is 18.3 Å². The molecule has 0 radical (unpaired) electrons. The molecule has 0 aliphatic rings. The molecule has 0 fully saturated rings. The van der Waals surface area contributed by atoms with E-state index >= 15 is 0 Å². The molecule has 0 saturated carbocycles. The average molecular weight is 353 g/mol. The molecule has 0 heterocycles. The smallest absolute Gasteiger partial charge is 0.301 e. The number of nitrogens with one attached hydrogen (secondary N) is 1. The van der Waals surface area contributed by atoms with Crippen LogP contribution in [-0.2, 0) is 10.2 Å². The first-order valence-corrected chi connectivity index (χ1v) is 7.82. The maximum atomic E-state index is 12.0. The van der Waals surface area contributed by atoms with Crippen molar-refractivity contribution in [3.8, 4) is 5.75 Å². The van der Waals surface area contributed by atoms with Crippen molar-refractivity contribution in [1.82, 2.24) is 4.31 Å². The maximum Gasteiger partial charge on any atom is 0.301 e. The molecule has 0 spiro atoms.